The zero-order chi connectivity index (χ0) is 19.2. The fourth-order valence-electron chi connectivity index (χ4n) is 3.34. The van der Waals surface area contributed by atoms with Gasteiger partial charge in [-0.15, -0.1) is 0 Å². The lowest BCUT2D eigenvalue weighted by molar-refractivity contribution is -0.116. The van der Waals surface area contributed by atoms with Gasteiger partial charge in [0, 0.05) is 18.7 Å². The monoisotopic (exact) mass is 383 g/mol. The molecule has 2 aromatic carbocycles. The number of hydrogen-bond acceptors (Lipinski definition) is 5. The molecule has 0 bridgehead atoms. The van der Waals surface area contributed by atoms with E-state index in [9.17, 15) is 4.79 Å². The Balaban J connectivity index is 1.21. The molecule has 28 heavy (non-hydrogen) atoms. The van der Waals surface area contributed by atoms with Gasteiger partial charge in [-0.25, -0.2) is 0 Å². The molecule has 6 nitrogen and oxygen atoms in total. The van der Waals surface area contributed by atoms with Crippen LogP contribution in [-0.2, 0) is 16.0 Å². The number of hydrogen-bond donors (Lipinski definition) is 1. The van der Waals surface area contributed by atoms with Gasteiger partial charge in [-0.05, 0) is 67.6 Å². The van der Waals surface area contributed by atoms with Crippen molar-refractivity contribution in [2.75, 3.05) is 25.3 Å². The third kappa shape index (κ3) is 4.95. The van der Waals surface area contributed by atoms with Crippen molar-refractivity contribution in [3.05, 3.63) is 48.0 Å². The summed E-state index contributed by atoms with van der Waals surface area (Å²) in [6, 6.07) is 13.2. The van der Waals surface area contributed by atoms with E-state index in [1.54, 1.807) is 0 Å². The molecule has 0 radical (unpaired) electrons. The van der Waals surface area contributed by atoms with E-state index in [1.165, 1.54) is 6.42 Å². The van der Waals surface area contributed by atoms with Crippen molar-refractivity contribution < 1.29 is 23.7 Å². The summed E-state index contributed by atoms with van der Waals surface area (Å²) < 4.78 is 22.1. The maximum atomic E-state index is 12.2. The Morgan fingerprint density at radius 3 is 2.75 bits per heavy atom. The van der Waals surface area contributed by atoms with E-state index < -0.39 is 0 Å². The highest BCUT2D eigenvalue weighted by atomic mass is 16.7. The molecule has 148 valence electrons. The summed E-state index contributed by atoms with van der Waals surface area (Å²) in [5.74, 6) is 2.26. The molecule has 1 amide bonds. The van der Waals surface area contributed by atoms with Crippen LogP contribution in [0, 0.1) is 0 Å². The number of benzene rings is 2. The molecule has 4 rings (SSSR count). The van der Waals surface area contributed by atoms with Gasteiger partial charge in [-0.1, -0.05) is 6.07 Å². The first-order valence-electron chi connectivity index (χ1n) is 9.79. The lowest BCUT2D eigenvalue weighted by atomic mass is 10.1. The van der Waals surface area contributed by atoms with Crippen LogP contribution >= 0.6 is 0 Å². The first-order chi connectivity index (χ1) is 13.8. The van der Waals surface area contributed by atoms with Gasteiger partial charge in [-0.3, -0.25) is 4.79 Å². The van der Waals surface area contributed by atoms with Crippen LogP contribution in [0.5, 0.6) is 17.2 Å². The molecule has 2 heterocycles. The number of amides is 1. The number of carbonyl (C=O) groups is 1. The Morgan fingerprint density at radius 2 is 1.93 bits per heavy atom. The van der Waals surface area contributed by atoms with E-state index in [4.69, 9.17) is 18.9 Å². The van der Waals surface area contributed by atoms with Crippen molar-refractivity contribution in [2.24, 2.45) is 0 Å². The lowest BCUT2D eigenvalue weighted by Gasteiger charge is -2.22. The van der Waals surface area contributed by atoms with Crippen LogP contribution in [0.15, 0.2) is 42.5 Å². The summed E-state index contributed by atoms with van der Waals surface area (Å²) >= 11 is 0. The molecule has 1 N–H and O–H groups in total. The maximum absolute atomic E-state index is 12.2. The molecule has 2 aliphatic rings. The average Bonchev–Trinajstić information content (AvgIpc) is 3.20. The Labute approximate surface area is 164 Å². The predicted octanol–water partition coefficient (Wildman–Crippen LogP) is 3.93. The Hall–Kier alpha value is -2.73. The predicted molar refractivity (Wildman–Crippen MR) is 105 cm³/mol. The van der Waals surface area contributed by atoms with Crippen molar-refractivity contribution in [2.45, 2.75) is 38.2 Å². The van der Waals surface area contributed by atoms with Crippen molar-refractivity contribution in [3.8, 4) is 17.2 Å². The SMILES string of the molecule is O=C(CCc1ccc2c(c1)OCO2)Nc1ccc(OCC2CCCCO2)cc1. The normalized spacial score (nSPS) is 17.9. The number of rotatable bonds is 7. The standard InChI is InChI=1S/C22H25NO5/c24-22(11-5-16-4-10-20-21(13-16)28-15-27-20)23-17-6-8-18(9-7-17)26-14-19-3-1-2-12-25-19/h4,6-10,13,19H,1-3,5,11-12,14-15H2,(H,23,24). The Kier molecular flexibility index (Phi) is 5.97. The van der Waals surface area contributed by atoms with E-state index >= 15 is 0 Å². The number of nitrogens with one attached hydrogen (secondary N) is 1. The fourth-order valence-corrected chi connectivity index (χ4v) is 3.34. The largest absolute Gasteiger partial charge is 0.491 e. The minimum absolute atomic E-state index is 0.0260. The molecule has 0 aliphatic carbocycles. The lowest BCUT2D eigenvalue weighted by Crippen LogP contribution is -2.25. The molecule has 6 heteroatoms. The van der Waals surface area contributed by atoms with E-state index in [0.717, 1.165) is 47.9 Å². The number of anilines is 1. The summed E-state index contributed by atoms with van der Waals surface area (Å²) in [6.07, 6.45) is 4.62. The second kappa shape index (κ2) is 8.97. The van der Waals surface area contributed by atoms with Crippen molar-refractivity contribution in [1.82, 2.24) is 0 Å². The third-order valence-electron chi connectivity index (χ3n) is 4.93. The van der Waals surface area contributed by atoms with Crippen LogP contribution in [0.25, 0.3) is 0 Å². The molecule has 1 atom stereocenters. The summed E-state index contributed by atoms with van der Waals surface area (Å²) in [6.45, 7) is 1.65. The molecule has 0 spiro atoms. The van der Waals surface area contributed by atoms with Crippen molar-refractivity contribution in [1.29, 1.82) is 0 Å². The number of ether oxygens (including phenoxy) is 4. The first-order valence-corrected chi connectivity index (χ1v) is 9.79. The smallest absolute Gasteiger partial charge is 0.231 e. The van der Waals surface area contributed by atoms with E-state index in [2.05, 4.69) is 5.32 Å². The third-order valence-corrected chi connectivity index (χ3v) is 4.93. The van der Waals surface area contributed by atoms with Gasteiger partial charge >= 0.3 is 0 Å². The Morgan fingerprint density at radius 1 is 1.07 bits per heavy atom. The van der Waals surface area contributed by atoms with Gasteiger partial charge < -0.3 is 24.3 Å². The highest BCUT2D eigenvalue weighted by Gasteiger charge is 2.15. The molecule has 1 saturated heterocycles. The van der Waals surface area contributed by atoms with Crippen LogP contribution in [-0.4, -0.2) is 32.0 Å². The van der Waals surface area contributed by atoms with Crippen LogP contribution in [0.3, 0.4) is 0 Å². The quantitative estimate of drug-likeness (QED) is 0.785. The minimum Gasteiger partial charge on any atom is -0.491 e. The van der Waals surface area contributed by atoms with Crippen LogP contribution in [0.1, 0.15) is 31.2 Å². The van der Waals surface area contributed by atoms with Gasteiger partial charge in [0.15, 0.2) is 11.5 Å². The summed E-state index contributed by atoms with van der Waals surface area (Å²) in [5, 5.41) is 2.92. The van der Waals surface area contributed by atoms with Gasteiger partial charge in [0.25, 0.3) is 0 Å². The van der Waals surface area contributed by atoms with Crippen LogP contribution in [0.2, 0.25) is 0 Å². The number of fused-ring (bicyclic) bond motifs is 1. The summed E-state index contributed by atoms with van der Waals surface area (Å²) in [4.78, 5) is 12.2. The maximum Gasteiger partial charge on any atom is 0.231 e. The molecule has 1 unspecified atom stereocenters. The van der Waals surface area contributed by atoms with Gasteiger partial charge in [0.05, 0.1) is 6.10 Å². The second-order valence-electron chi connectivity index (χ2n) is 7.06. The average molecular weight is 383 g/mol. The highest BCUT2D eigenvalue weighted by Crippen LogP contribution is 2.32. The zero-order valence-corrected chi connectivity index (χ0v) is 15.8. The van der Waals surface area contributed by atoms with Crippen molar-refractivity contribution >= 4 is 11.6 Å². The molecule has 1 fully saturated rings. The molecular weight excluding hydrogens is 358 g/mol. The van der Waals surface area contributed by atoms with Gasteiger partial charge in [0.1, 0.15) is 12.4 Å². The molecule has 2 aliphatic heterocycles. The summed E-state index contributed by atoms with van der Waals surface area (Å²) in [5.41, 5.74) is 1.81. The van der Waals surface area contributed by atoms with Gasteiger partial charge in [0.2, 0.25) is 12.7 Å². The van der Waals surface area contributed by atoms with Crippen molar-refractivity contribution in [3.63, 3.8) is 0 Å². The number of carbonyl (C=O) groups excluding carboxylic acids is 1. The summed E-state index contributed by atoms with van der Waals surface area (Å²) in [7, 11) is 0. The molecule has 2 aromatic rings. The van der Waals surface area contributed by atoms with E-state index in [1.807, 2.05) is 42.5 Å². The molecule has 0 saturated carbocycles. The second-order valence-corrected chi connectivity index (χ2v) is 7.06. The van der Waals surface area contributed by atoms with E-state index in [-0.39, 0.29) is 18.8 Å². The molecule has 0 aromatic heterocycles. The topological polar surface area (TPSA) is 66.0 Å². The van der Waals surface area contributed by atoms with E-state index in [0.29, 0.717) is 19.4 Å². The number of aryl methyl sites for hydroxylation is 1. The fraction of sp³-hybridized carbons (Fsp3) is 0.409. The van der Waals surface area contributed by atoms with Gasteiger partial charge in [-0.2, -0.15) is 0 Å². The van der Waals surface area contributed by atoms with Crippen LogP contribution in [0.4, 0.5) is 5.69 Å². The molecular formula is C22H25NO5. The minimum atomic E-state index is -0.0260. The first kappa shape index (κ1) is 18.6. The Bertz CT molecular complexity index is 799. The zero-order valence-electron chi connectivity index (χ0n) is 15.8. The highest BCUT2D eigenvalue weighted by molar-refractivity contribution is 5.90. The van der Waals surface area contributed by atoms with Crippen LogP contribution < -0.4 is 19.5 Å².